The fraction of sp³-hybridized carbons (Fsp3) is 0.316. The largest absolute Gasteiger partial charge is 0.507 e. The van der Waals surface area contributed by atoms with Gasteiger partial charge in [-0.1, -0.05) is 56.3 Å². The van der Waals surface area contributed by atoms with Crippen molar-refractivity contribution in [1.29, 1.82) is 0 Å². The van der Waals surface area contributed by atoms with Crippen LogP contribution in [0.2, 0.25) is 0 Å². The van der Waals surface area contributed by atoms with Gasteiger partial charge in [-0.3, -0.25) is 4.79 Å². The Morgan fingerprint density at radius 1 is 1.13 bits per heavy atom. The van der Waals surface area contributed by atoms with Gasteiger partial charge in [0.1, 0.15) is 5.75 Å². The zero-order valence-corrected chi connectivity index (χ0v) is 13.7. The van der Waals surface area contributed by atoms with Gasteiger partial charge in [-0.25, -0.2) is 0 Å². The van der Waals surface area contributed by atoms with Crippen LogP contribution in [0.15, 0.2) is 42.5 Å². The number of hydrogen-bond donors (Lipinski definition) is 3. The van der Waals surface area contributed by atoms with Crippen LogP contribution in [0.4, 0.5) is 0 Å². The summed E-state index contributed by atoms with van der Waals surface area (Å²) in [5.41, 5.74) is 2.46. The van der Waals surface area contributed by atoms with Crippen LogP contribution in [0, 0.1) is 6.92 Å². The molecule has 23 heavy (non-hydrogen) atoms. The van der Waals surface area contributed by atoms with Gasteiger partial charge < -0.3 is 15.5 Å². The first-order valence-corrected chi connectivity index (χ1v) is 7.75. The van der Waals surface area contributed by atoms with Gasteiger partial charge in [-0.15, -0.1) is 0 Å². The number of benzene rings is 2. The van der Waals surface area contributed by atoms with Crippen LogP contribution in [-0.2, 0) is 0 Å². The molecule has 2 rings (SSSR count). The zero-order valence-electron chi connectivity index (χ0n) is 13.7. The van der Waals surface area contributed by atoms with Gasteiger partial charge in [-0.05, 0) is 29.5 Å². The quantitative estimate of drug-likeness (QED) is 0.793. The second kappa shape index (κ2) is 7.29. The van der Waals surface area contributed by atoms with Gasteiger partial charge in [-0.2, -0.15) is 0 Å². The third-order valence-electron chi connectivity index (χ3n) is 3.91. The van der Waals surface area contributed by atoms with Crippen LogP contribution in [-0.4, -0.2) is 22.7 Å². The number of amides is 1. The van der Waals surface area contributed by atoms with Gasteiger partial charge in [0.2, 0.25) is 0 Å². The summed E-state index contributed by atoms with van der Waals surface area (Å²) >= 11 is 0. The highest BCUT2D eigenvalue weighted by molar-refractivity contribution is 5.98. The minimum Gasteiger partial charge on any atom is -0.507 e. The summed E-state index contributed by atoms with van der Waals surface area (Å²) in [4.78, 5) is 12.4. The molecule has 0 saturated heterocycles. The van der Waals surface area contributed by atoms with Gasteiger partial charge in [0.05, 0.1) is 11.7 Å². The van der Waals surface area contributed by atoms with Crippen LogP contribution >= 0.6 is 0 Å². The van der Waals surface area contributed by atoms with E-state index < -0.39 is 6.10 Å². The predicted octanol–water partition coefficient (Wildman–Crippen LogP) is 3.29. The molecule has 1 atom stereocenters. The van der Waals surface area contributed by atoms with Crippen molar-refractivity contribution in [3.8, 4) is 5.75 Å². The number of aryl methyl sites for hydroxylation is 1. The average molecular weight is 313 g/mol. The summed E-state index contributed by atoms with van der Waals surface area (Å²) in [6.07, 6.45) is -0.782. The second-order valence-electron chi connectivity index (χ2n) is 5.99. The first-order chi connectivity index (χ1) is 10.9. The summed E-state index contributed by atoms with van der Waals surface area (Å²) < 4.78 is 0. The van der Waals surface area contributed by atoms with Crippen molar-refractivity contribution < 1.29 is 15.0 Å². The Bertz CT molecular complexity index is 681. The molecule has 0 aliphatic rings. The molecule has 0 aliphatic heterocycles. The van der Waals surface area contributed by atoms with Crippen LogP contribution < -0.4 is 5.32 Å². The Labute approximate surface area is 136 Å². The van der Waals surface area contributed by atoms with E-state index in [1.54, 1.807) is 19.1 Å². The zero-order chi connectivity index (χ0) is 17.0. The molecular weight excluding hydrogens is 290 g/mol. The molecule has 0 aromatic heterocycles. The lowest BCUT2D eigenvalue weighted by molar-refractivity contribution is 0.0913. The van der Waals surface area contributed by atoms with Crippen molar-refractivity contribution in [3.05, 3.63) is 64.7 Å². The topological polar surface area (TPSA) is 69.6 Å². The summed E-state index contributed by atoms with van der Waals surface area (Å²) in [6.45, 7) is 5.80. The van der Waals surface area contributed by atoms with Crippen molar-refractivity contribution in [2.75, 3.05) is 6.54 Å². The molecular formula is C19H23NO3. The van der Waals surface area contributed by atoms with Crippen molar-refractivity contribution in [2.24, 2.45) is 0 Å². The van der Waals surface area contributed by atoms with Gasteiger partial charge in [0.15, 0.2) is 0 Å². The molecule has 122 valence electrons. The first kappa shape index (κ1) is 17.0. The first-order valence-electron chi connectivity index (χ1n) is 7.75. The molecule has 3 N–H and O–H groups in total. The van der Waals surface area contributed by atoms with Crippen LogP contribution in [0.25, 0.3) is 0 Å². The fourth-order valence-corrected chi connectivity index (χ4v) is 2.53. The normalized spacial score (nSPS) is 12.2. The van der Waals surface area contributed by atoms with Crippen molar-refractivity contribution in [1.82, 2.24) is 5.32 Å². The Morgan fingerprint density at radius 2 is 1.78 bits per heavy atom. The summed E-state index contributed by atoms with van der Waals surface area (Å²) in [7, 11) is 0. The molecule has 2 aromatic carbocycles. The molecule has 0 radical (unpaired) electrons. The lowest BCUT2D eigenvalue weighted by Gasteiger charge is -2.16. The van der Waals surface area contributed by atoms with E-state index in [-0.39, 0.29) is 29.7 Å². The molecule has 4 nitrogen and oxygen atoms in total. The van der Waals surface area contributed by atoms with Crippen LogP contribution in [0.1, 0.15) is 52.9 Å². The number of rotatable bonds is 5. The standard InChI is InChI=1S/C19H23NO3/c1-12(2)15-10-9-13(3)17(18(15)22)19(23)20-11-16(21)14-7-5-4-6-8-14/h4-10,12,16,21-22H,11H2,1-3H3,(H,20,23). The maximum atomic E-state index is 12.4. The third-order valence-corrected chi connectivity index (χ3v) is 3.91. The molecule has 1 unspecified atom stereocenters. The molecule has 0 heterocycles. The van der Waals surface area contributed by atoms with Crippen molar-refractivity contribution >= 4 is 5.91 Å². The molecule has 4 heteroatoms. The fourth-order valence-electron chi connectivity index (χ4n) is 2.53. The van der Waals surface area contributed by atoms with Gasteiger partial charge in [0, 0.05) is 6.54 Å². The van der Waals surface area contributed by atoms with E-state index in [0.29, 0.717) is 5.56 Å². The Kier molecular flexibility index (Phi) is 5.40. The number of aliphatic hydroxyl groups excluding tert-OH is 1. The Hall–Kier alpha value is -2.33. The SMILES string of the molecule is Cc1ccc(C(C)C)c(O)c1C(=O)NCC(O)c1ccccc1. The number of hydrogen-bond acceptors (Lipinski definition) is 3. The number of carbonyl (C=O) groups is 1. The lowest BCUT2D eigenvalue weighted by atomic mass is 9.95. The maximum absolute atomic E-state index is 12.4. The van der Waals surface area contributed by atoms with E-state index in [1.165, 1.54) is 0 Å². The van der Waals surface area contributed by atoms with Gasteiger partial charge in [0.25, 0.3) is 5.91 Å². The smallest absolute Gasteiger partial charge is 0.255 e. The minimum absolute atomic E-state index is 0.0201. The monoisotopic (exact) mass is 313 g/mol. The summed E-state index contributed by atoms with van der Waals surface area (Å²) in [6, 6.07) is 12.8. The number of phenols is 1. The molecule has 0 spiro atoms. The maximum Gasteiger partial charge on any atom is 0.255 e. The molecule has 2 aromatic rings. The van der Waals surface area contributed by atoms with E-state index in [2.05, 4.69) is 5.32 Å². The molecule has 1 amide bonds. The summed E-state index contributed by atoms with van der Waals surface area (Å²) in [5.74, 6) is -0.235. The number of aliphatic hydroxyl groups is 1. The average Bonchev–Trinajstić information content (AvgIpc) is 2.53. The molecule has 0 saturated carbocycles. The highest BCUT2D eigenvalue weighted by Gasteiger charge is 2.19. The van der Waals surface area contributed by atoms with Crippen molar-refractivity contribution in [2.45, 2.75) is 32.8 Å². The highest BCUT2D eigenvalue weighted by atomic mass is 16.3. The van der Waals surface area contributed by atoms with Gasteiger partial charge >= 0.3 is 0 Å². The predicted molar refractivity (Wildman–Crippen MR) is 90.7 cm³/mol. The van der Waals surface area contributed by atoms with E-state index in [1.807, 2.05) is 44.2 Å². The van der Waals surface area contributed by atoms with E-state index in [4.69, 9.17) is 0 Å². The summed E-state index contributed by atoms with van der Waals surface area (Å²) in [5, 5.41) is 23.2. The number of carbonyl (C=O) groups excluding carboxylic acids is 1. The number of aromatic hydroxyl groups is 1. The van der Waals surface area contributed by atoms with E-state index >= 15 is 0 Å². The molecule has 0 aliphatic carbocycles. The molecule has 0 bridgehead atoms. The molecule has 0 fully saturated rings. The Balaban J connectivity index is 2.14. The second-order valence-corrected chi connectivity index (χ2v) is 5.99. The highest BCUT2D eigenvalue weighted by Crippen LogP contribution is 2.31. The van der Waals surface area contributed by atoms with Crippen LogP contribution in [0.5, 0.6) is 5.75 Å². The van der Waals surface area contributed by atoms with Crippen molar-refractivity contribution in [3.63, 3.8) is 0 Å². The van der Waals surface area contributed by atoms with E-state index in [0.717, 1.165) is 11.1 Å². The number of nitrogens with one attached hydrogen (secondary N) is 1. The van der Waals surface area contributed by atoms with E-state index in [9.17, 15) is 15.0 Å². The number of phenolic OH excluding ortho intramolecular Hbond substituents is 1. The minimum atomic E-state index is -0.782. The third kappa shape index (κ3) is 3.90. The van der Waals surface area contributed by atoms with Crippen LogP contribution in [0.3, 0.4) is 0 Å². The lowest BCUT2D eigenvalue weighted by Crippen LogP contribution is -2.29. The Morgan fingerprint density at radius 3 is 2.39 bits per heavy atom.